The summed E-state index contributed by atoms with van der Waals surface area (Å²) < 4.78 is 0. The Morgan fingerprint density at radius 3 is 2.33 bits per heavy atom. The van der Waals surface area contributed by atoms with Crippen LogP contribution in [0.1, 0.15) is 6.42 Å². The number of piperazine rings is 1. The largest absolute Gasteiger partial charge is 0.353 e. The first-order valence-electron chi connectivity index (χ1n) is 8.62. The van der Waals surface area contributed by atoms with Gasteiger partial charge in [-0.15, -0.1) is 10.2 Å². The zero-order chi connectivity index (χ0) is 16.2. The quantitative estimate of drug-likeness (QED) is 0.870. The van der Waals surface area contributed by atoms with Gasteiger partial charge in [0.25, 0.3) is 0 Å². The summed E-state index contributed by atoms with van der Waals surface area (Å²) in [5.74, 6) is 0.980. The summed E-state index contributed by atoms with van der Waals surface area (Å²) in [6.07, 6.45) is 9.99. The monoisotopic (exact) mass is 318 g/mol. The summed E-state index contributed by atoms with van der Waals surface area (Å²) in [5.41, 5.74) is 2.04. The molecular weight excluding hydrogens is 296 g/mol. The Morgan fingerprint density at radius 2 is 1.67 bits per heavy atom. The first kappa shape index (κ1) is 15.1. The minimum atomic E-state index is 0.559. The van der Waals surface area contributed by atoms with E-state index in [4.69, 9.17) is 0 Å². The minimum absolute atomic E-state index is 0.559. The molecule has 122 valence electrons. The van der Waals surface area contributed by atoms with Gasteiger partial charge in [0.15, 0.2) is 5.82 Å². The molecule has 1 atom stereocenters. The maximum atomic E-state index is 4.45. The van der Waals surface area contributed by atoms with Crippen LogP contribution in [0.5, 0.6) is 0 Å². The molecule has 2 aromatic rings. The molecule has 1 aromatic carbocycles. The highest BCUT2D eigenvalue weighted by atomic mass is 15.3. The zero-order valence-electron chi connectivity index (χ0n) is 13.8. The van der Waals surface area contributed by atoms with E-state index in [9.17, 15) is 0 Å². The van der Waals surface area contributed by atoms with E-state index in [0.717, 1.165) is 49.7 Å². The summed E-state index contributed by atoms with van der Waals surface area (Å²) in [7, 11) is 0. The fraction of sp³-hybridized carbons (Fsp3) is 0.300. The lowest BCUT2D eigenvalue weighted by Gasteiger charge is -2.38. The Balaban J connectivity index is 1.39. The number of nitrogens with zero attached hydrogens (tertiary/aromatic N) is 4. The third-order valence-corrected chi connectivity index (χ3v) is 4.79. The lowest BCUT2D eigenvalue weighted by molar-refractivity contribution is 0.215. The predicted octanol–water partition coefficient (Wildman–Crippen LogP) is 3.15. The zero-order valence-corrected chi connectivity index (χ0v) is 13.8. The van der Waals surface area contributed by atoms with Gasteiger partial charge in [-0.25, -0.2) is 0 Å². The maximum absolute atomic E-state index is 4.45. The maximum Gasteiger partial charge on any atom is 0.151 e. The van der Waals surface area contributed by atoms with E-state index in [1.54, 1.807) is 0 Å². The Hall–Kier alpha value is -2.46. The average Bonchev–Trinajstić information content (AvgIpc) is 2.70. The predicted molar refractivity (Wildman–Crippen MR) is 97.9 cm³/mol. The van der Waals surface area contributed by atoms with Gasteiger partial charge in [0.05, 0.1) is 5.69 Å². The van der Waals surface area contributed by atoms with Crippen LogP contribution in [0.15, 0.2) is 66.8 Å². The van der Waals surface area contributed by atoms with Gasteiger partial charge in [-0.1, -0.05) is 54.6 Å². The Morgan fingerprint density at radius 1 is 0.833 bits per heavy atom. The molecular formula is C20H22N4. The topological polar surface area (TPSA) is 32.3 Å². The van der Waals surface area contributed by atoms with Gasteiger partial charge in [0.2, 0.25) is 0 Å². The lowest BCUT2D eigenvalue weighted by atomic mass is 10.1. The van der Waals surface area contributed by atoms with Gasteiger partial charge in [0.1, 0.15) is 0 Å². The van der Waals surface area contributed by atoms with Crippen LogP contribution in [-0.2, 0) is 0 Å². The first-order valence-corrected chi connectivity index (χ1v) is 8.62. The van der Waals surface area contributed by atoms with Gasteiger partial charge >= 0.3 is 0 Å². The second-order valence-corrected chi connectivity index (χ2v) is 6.28. The van der Waals surface area contributed by atoms with Crippen LogP contribution >= 0.6 is 0 Å². The average molecular weight is 318 g/mol. The number of hydrogen-bond acceptors (Lipinski definition) is 4. The van der Waals surface area contributed by atoms with Crippen molar-refractivity contribution in [2.75, 3.05) is 31.1 Å². The normalized spacial score (nSPS) is 21.2. The Bertz CT molecular complexity index is 713. The number of anilines is 1. The summed E-state index contributed by atoms with van der Waals surface area (Å²) in [4.78, 5) is 4.89. The van der Waals surface area contributed by atoms with E-state index in [2.05, 4.69) is 68.6 Å². The highest BCUT2D eigenvalue weighted by Crippen LogP contribution is 2.20. The molecule has 4 rings (SSSR count). The molecule has 1 aliphatic carbocycles. The third kappa shape index (κ3) is 3.24. The van der Waals surface area contributed by atoms with Gasteiger partial charge in [-0.05, 0) is 18.6 Å². The van der Waals surface area contributed by atoms with Crippen LogP contribution in [0.25, 0.3) is 11.3 Å². The molecule has 1 unspecified atom stereocenters. The van der Waals surface area contributed by atoms with Crippen molar-refractivity contribution < 1.29 is 0 Å². The summed E-state index contributed by atoms with van der Waals surface area (Å²) in [6, 6.07) is 14.9. The molecule has 2 heterocycles. The first-order chi connectivity index (χ1) is 11.9. The molecule has 1 saturated heterocycles. The summed E-state index contributed by atoms with van der Waals surface area (Å²) in [6.45, 7) is 4.16. The smallest absolute Gasteiger partial charge is 0.151 e. The molecule has 0 bridgehead atoms. The summed E-state index contributed by atoms with van der Waals surface area (Å²) in [5, 5.41) is 8.86. The van der Waals surface area contributed by atoms with Crippen molar-refractivity contribution in [2.45, 2.75) is 12.5 Å². The van der Waals surface area contributed by atoms with Crippen LogP contribution in [0.4, 0.5) is 5.82 Å². The van der Waals surface area contributed by atoms with Gasteiger partial charge in [0, 0.05) is 37.8 Å². The molecule has 1 aliphatic heterocycles. The van der Waals surface area contributed by atoms with Gasteiger partial charge in [-0.2, -0.15) is 0 Å². The molecule has 24 heavy (non-hydrogen) atoms. The van der Waals surface area contributed by atoms with E-state index in [1.165, 1.54) is 0 Å². The molecule has 0 amide bonds. The molecule has 4 nitrogen and oxygen atoms in total. The molecule has 4 heteroatoms. The molecule has 0 spiro atoms. The minimum Gasteiger partial charge on any atom is -0.353 e. The van der Waals surface area contributed by atoms with Crippen molar-refractivity contribution in [3.05, 3.63) is 66.8 Å². The fourth-order valence-electron chi connectivity index (χ4n) is 3.38. The Labute approximate surface area is 143 Å². The van der Waals surface area contributed by atoms with E-state index >= 15 is 0 Å². The van der Waals surface area contributed by atoms with E-state index < -0.39 is 0 Å². The molecule has 0 radical (unpaired) electrons. The van der Waals surface area contributed by atoms with Gasteiger partial charge < -0.3 is 4.90 Å². The molecule has 1 aromatic heterocycles. The fourth-order valence-corrected chi connectivity index (χ4v) is 3.38. The van der Waals surface area contributed by atoms with Crippen LogP contribution in [0.3, 0.4) is 0 Å². The Kier molecular flexibility index (Phi) is 4.38. The highest BCUT2D eigenvalue weighted by molar-refractivity contribution is 5.59. The second kappa shape index (κ2) is 6.97. The number of allylic oxidation sites excluding steroid dienone is 2. The van der Waals surface area contributed by atoms with Crippen molar-refractivity contribution in [3.63, 3.8) is 0 Å². The van der Waals surface area contributed by atoms with E-state index in [1.807, 2.05) is 18.2 Å². The van der Waals surface area contributed by atoms with E-state index in [-0.39, 0.29) is 0 Å². The number of aromatic nitrogens is 2. The third-order valence-electron chi connectivity index (χ3n) is 4.79. The summed E-state index contributed by atoms with van der Waals surface area (Å²) >= 11 is 0. The molecule has 1 fully saturated rings. The van der Waals surface area contributed by atoms with Crippen LogP contribution in [0.2, 0.25) is 0 Å². The van der Waals surface area contributed by atoms with Crippen LogP contribution in [-0.4, -0.2) is 47.3 Å². The van der Waals surface area contributed by atoms with Crippen molar-refractivity contribution in [1.82, 2.24) is 15.1 Å². The van der Waals surface area contributed by atoms with E-state index in [0.29, 0.717) is 6.04 Å². The number of hydrogen-bond donors (Lipinski definition) is 0. The van der Waals surface area contributed by atoms with Crippen molar-refractivity contribution in [3.8, 4) is 11.3 Å². The number of rotatable bonds is 3. The molecule has 0 saturated carbocycles. The van der Waals surface area contributed by atoms with Crippen molar-refractivity contribution >= 4 is 5.82 Å². The van der Waals surface area contributed by atoms with Crippen LogP contribution in [0, 0.1) is 0 Å². The number of benzene rings is 1. The lowest BCUT2D eigenvalue weighted by Crippen LogP contribution is -2.50. The SMILES string of the molecule is C1=CCC(N2CCN(c3ccc(-c4ccccc4)nn3)CC2)C=C1. The van der Waals surface area contributed by atoms with Crippen molar-refractivity contribution in [1.29, 1.82) is 0 Å². The standard InChI is InChI=1S/C20H22N4/c1-3-7-17(8-4-1)19-11-12-20(22-21-19)24-15-13-23(14-16-24)18-9-5-2-6-10-18/h1-9,11-12,18H,10,13-16H2. The van der Waals surface area contributed by atoms with Gasteiger partial charge in [-0.3, -0.25) is 4.90 Å². The van der Waals surface area contributed by atoms with Crippen molar-refractivity contribution in [2.24, 2.45) is 0 Å². The second-order valence-electron chi connectivity index (χ2n) is 6.28. The molecule has 2 aliphatic rings. The highest BCUT2D eigenvalue weighted by Gasteiger charge is 2.23. The van der Waals surface area contributed by atoms with Crippen LogP contribution < -0.4 is 4.90 Å². The molecule has 0 N–H and O–H groups in total.